The summed E-state index contributed by atoms with van der Waals surface area (Å²) in [6.45, 7) is 0.809. The number of hydrogen-bond acceptors (Lipinski definition) is 9. The number of aromatic nitrogens is 2. The number of likely N-dealkylation sites (N-methyl/N-ethyl adjacent to an activating group) is 1. The molecule has 1 heterocycles. The largest absolute Gasteiger partial charge is 0.495 e. The Bertz CT molecular complexity index is 1290. The van der Waals surface area contributed by atoms with E-state index in [1.54, 1.807) is 0 Å². The van der Waals surface area contributed by atoms with E-state index in [9.17, 15) is 30.8 Å². The Balaban J connectivity index is 1.88. The standard InChI is InChI=1S/C23H30F4N6O5S/c1-33(2)9-8-28-20(34)13-10-19(37-3)17(11-15(13)24)30-22-29-12-14(23(25,26)27)21(31-22)38-18-7-5-6-16(18)32-39(4,35)36/h10-12,16,18,32H,5-9H2,1-4H3,(H,28,34)(H,29,30,31)/t16-,18-/m1/s1. The van der Waals surface area contributed by atoms with Crippen LogP contribution in [0.2, 0.25) is 0 Å². The first-order valence-corrected chi connectivity index (χ1v) is 13.7. The highest BCUT2D eigenvalue weighted by Gasteiger charge is 2.39. The zero-order valence-electron chi connectivity index (χ0n) is 21.7. The van der Waals surface area contributed by atoms with E-state index in [1.807, 2.05) is 19.0 Å². The second-order valence-electron chi connectivity index (χ2n) is 9.21. The molecule has 39 heavy (non-hydrogen) atoms. The number of carbonyl (C=O) groups is 1. The molecule has 1 fully saturated rings. The summed E-state index contributed by atoms with van der Waals surface area (Å²) in [7, 11) is 1.27. The van der Waals surface area contributed by atoms with Crippen LogP contribution >= 0.6 is 0 Å². The van der Waals surface area contributed by atoms with Gasteiger partial charge in [-0.05, 0) is 39.4 Å². The Morgan fingerprint density at radius 2 is 1.95 bits per heavy atom. The lowest BCUT2D eigenvalue weighted by atomic mass is 10.1. The molecule has 0 aliphatic heterocycles. The molecule has 0 spiro atoms. The van der Waals surface area contributed by atoms with Gasteiger partial charge in [0, 0.05) is 25.4 Å². The lowest BCUT2D eigenvalue weighted by Crippen LogP contribution is -2.42. The Labute approximate surface area is 223 Å². The number of anilines is 2. The average molecular weight is 579 g/mol. The first-order chi connectivity index (χ1) is 18.2. The van der Waals surface area contributed by atoms with E-state index in [-0.39, 0.29) is 29.5 Å². The minimum atomic E-state index is -4.86. The first kappa shape index (κ1) is 30.3. The van der Waals surface area contributed by atoms with Gasteiger partial charge >= 0.3 is 6.18 Å². The van der Waals surface area contributed by atoms with Gasteiger partial charge in [-0.25, -0.2) is 22.5 Å². The molecule has 216 valence electrons. The predicted octanol–water partition coefficient (Wildman–Crippen LogP) is 2.53. The maximum Gasteiger partial charge on any atom is 0.423 e. The molecule has 1 aliphatic rings. The third-order valence-electron chi connectivity index (χ3n) is 5.77. The number of hydrogen-bond donors (Lipinski definition) is 3. The van der Waals surface area contributed by atoms with Gasteiger partial charge in [0.25, 0.3) is 5.91 Å². The number of alkyl halides is 3. The summed E-state index contributed by atoms with van der Waals surface area (Å²) >= 11 is 0. The monoisotopic (exact) mass is 578 g/mol. The molecule has 16 heteroatoms. The van der Waals surface area contributed by atoms with Gasteiger partial charge in [0.2, 0.25) is 21.9 Å². The highest BCUT2D eigenvalue weighted by Crippen LogP contribution is 2.38. The molecule has 0 unspecified atom stereocenters. The summed E-state index contributed by atoms with van der Waals surface area (Å²) in [4.78, 5) is 21.8. The van der Waals surface area contributed by atoms with Crippen LogP contribution in [0.25, 0.3) is 0 Å². The Morgan fingerprint density at radius 1 is 1.23 bits per heavy atom. The van der Waals surface area contributed by atoms with Gasteiger partial charge in [0.15, 0.2) is 0 Å². The summed E-state index contributed by atoms with van der Waals surface area (Å²) in [5, 5.41) is 5.18. The second-order valence-corrected chi connectivity index (χ2v) is 11.0. The third-order valence-corrected chi connectivity index (χ3v) is 6.50. The fourth-order valence-electron chi connectivity index (χ4n) is 3.93. The number of halogens is 4. The number of methoxy groups -OCH3 is 1. The molecular weight excluding hydrogens is 548 g/mol. The molecule has 0 bridgehead atoms. The van der Waals surface area contributed by atoms with Crippen LogP contribution in [-0.4, -0.2) is 81.9 Å². The van der Waals surface area contributed by atoms with Gasteiger partial charge in [-0.1, -0.05) is 0 Å². The van der Waals surface area contributed by atoms with Crippen molar-refractivity contribution in [2.75, 3.05) is 45.9 Å². The van der Waals surface area contributed by atoms with Crippen LogP contribution in [0, 0.1) is 5.82 Å². The minimum absolute atomic E-state index is 0.00772. The van der Waals surface area contributed by atoms with Crippen molar-refractivity contribution in [2.24, 2.45) is 0 Å². The molecule has 3 N–H and O–H groups in total. The average Bonchev–Trinajstić information content (AvgIpc) is 3.23. The maximum absolute atomic E-state index is 14.8. The molecule has 1 aromatic carbocycles. The van der Waals surface area contributed by atoms with Crippen molar-refractivity contribution in [1.29, 1.82) is 0 Å². The molecule has 2 atom stereocenters. The molecule has 1 saturated carbocycles. The van der Waals surface area contributed by atoms with Gasteiger partial charge in [0.1, 0.15) is 23.2 Å². The highest BCUT2D eigenvalue weighted by atomic mass is 32.2. The first-order valence-electron chi connectivity index (χ1n) is 11.8. The smallest absolute Gasteiger partial charge is 0.423 e. The van der Waals surface area contributed by atoms with Crippen molar-refractivity contribution in [2.45, 2.75) is 37.6 Å². The Hall–Kier alpha value is -3.24. The van der Waals surface area contributed by atoms with Crippen molar-refractivity contribution < 1.29 is 40.2 Å². The lowest BCUT2D eigenvalue weighted by Gasteiger charge is -2.23. The van der Waals surface area contributed by atoms with Crippen LogP contribution in [0.3, 0.4) is 0 Å². The number of nitrogens with zero attached hydrogens (tertiary/aromatic N) is 3. The van der Waals surface area contributed by atoms with Gasteiger partial charge in [-0.3, -0.25) is 4.79 Å². The molecule has 1 aromatic heterocycles. The van der Waals surface area contributed by atoms with Crippen LogP contribution in [0.5, 0.6) is 11.6 Å². The molecule has 0 radical (unpaired) electrons. The van der Waals surface area contributed by atoms with Crippen molar-refractivity contribution in [3.05, 3.63) is 35.3 Å². The molecule has 1 aliphatic carbocycles. The normalized spacial score (nSPS) is 17.8. The Kier molecular flexibility index (Phi) is 9.55. The fraction of sp³-hybridized carbons (Fsp3) is 0.522. The number of benzene rings is 1. The van der Waals surface area contributed by atoms with Gasteiger partial charge in [-0.15, -0.1) is 0 Å². The summed E-state index contributed by atoms with van der Waals surface area (Å²) in [5.74, 6) is -2.76. The summed E-state index contributed by atoms with van der Waals surface area (Å²) in [6, 6.07) is 1.34. The van der Waals surface area contributed by atoms with Gasteiger partial charge in [-0.2, -0.15) is 18.2 Å². The number of nitrogens with one attached hydrogen (secondary N) is 3. The highest BCUT2D eigenvalue weighted by molar-refractivity contribution is 7.88. The quantitative estimate of drug-likeness (QED) is 0.344. The number of rotatable bonds is 11. The van der Waals surface area contributed by atoms with Crippen LogP contribution < -0.4 is 24.8 Å². The van der Waals surface area contributed by atoms with E-state index in [0.717, 1.165) is 18.4 Å². The molecule has 3 rings (SSSR count). The van der Waals surface area contributed by atoms with E-state index in [4.69, 9.17) is 9.47 Å². The van der Waals surface area contributed by atoms with Gasteiger partial charge in [0.05, 0.1) is 30.7 Å². The zero-order chi connectivity index (χ0) is 29.0. The van der Waals surface area contributed by atoms with Crippen LogP contribution in [0.15, 0.2) is 18.3 Å². The molecule has 11 nitrogen and oxygen atoms in total. The van der Waals surface area contributed by atoms with E-state index < -0.39 is 51.5 Å². The van der Waals surface area contributed by atoms with Crippen LogP contribution in [0.4, 0.5) is 29.2 Å². The number of carbonyl (C=O) groups excluding carboxylic acids is 1. The van der Waals surface area contributed by atoms with Crippen molar-refractivity contribution in [1.82, 2.24) is 24.9 Å². The minimum Gasteiger partial charge on any atom is -0.495 e. The molecular formula is C23H30F4N6O5S. The summed E-state index contributed by atoms with van der Waals surface area (Å²) < 4.78 is 92.3. The van der Waals surface area contributed by atoms with E-state index in [2.05, 4.69) is 25.3 Å². The number of sulfonamides is 1. The lowest BCUT2D eigenvalue weighted by molar-refractivity contribution is -0.140. The summed E-state index contributed by atoms with van der Waals surface area (Å²) in [6.07, 6.45) is -3.11. The Morgan fingerprint density at radius 3 is 2.56 bits per heavy atom. The topological polar surface area (TPSA) is 135 Å². The third kappa shape index (κ3) is 8.37. The SMILES string of the molecule is COc1cc(C(=O)NCCN(C)C)c(F)cc1Nc1ncc(C(F)(F)F)c(O[C@@H]2CCC[C@H]2NS(C)(=O)=O)n1. The van der Waals surface area contributed by atoms with Gasteiger partial charge < -0.3 is 25.0 Å². The second kappa shape index (κ2) is 12.3. The molecule has 2 aromatic rings. The van der Waals surface area contributed by atoms with Crippen LogP contribution in [-0.2, 0) is 16.2 Å². The van der Waals surface area contributed by atoms with E-state index in [1.165, 1.54) is 7.11 Å². The number of ether oxygens (including phenoxy) is 2. The molecule has 0 saturated heterocycles. The van der Waals surface area contributed by atoms with Crippen molar-refractivity contribution >= 4 is 27.6 Å². The number of amides is 1. The predicted molar refractivity (Wildman–Crippen MR) is 134 cm³/mol. The fourth-order valence-corrected chi connectivity index (χ4v) is 4.75. The van der Waals surface area contributed by atoms with Crippen LogP contribution in [0.1, 0.15) is 35.2 Å². The maximum atomic E-state index is 14.8. The summed E-state index contributed by atoms with van der Waals surface area (Å²) in [5.41, 5.74) is -1.61. The van der Waals surface area contributed by atoms with E-state index >= 15 is 0 Å². The van der Waals surface area contributed by atoms with E-state index in [0.29, 0.717) is 32.0 Å². The molecule has 1 amide bonds. The zero-order valence-corrected chi connectivity index (χ0v) is 22.5. The van der Waals surface area contributed by atoms with Crippen molar-refractivity contribution in [3.63, 3.8) is 0 Å². The van der Waals surface area contributed by atoms with Crippen molar-refractivity contribution in [3.8, 4) is 11.6 Å².